The summed E-state index contributed by atoms with van der Waals surface area (Å²) < 4.78 is 8.07. The molecule has 0 aliphatic rings. The summed E-state index contributed by atoms with van der Waals surface area (Å²) in [5, 5.41) is 3.72. The molecule has 0 fully saturated rings. The number of aryl methyl sites for hydroxylation is 2. The first-order chi connectivity index (χ1) is 13.5. The highest BCUT2D eigenvalue weighted by molar-refractivity contribution is 7.22. The molecule has 0 aliphatic carbocycles. The van der Waals surface area contributed by atoms with E-state index in [2.05, 4.69) is 15.1 Å². The van der Waals surface area contributed by atoms with Crippen LogP contribution in [-0.4, -0.2) is 27.6 Å². The van der Waals surface area contributed by atoms with Gasteiger partial charge in [0.2, 0.25) is 5.13 Å². The maximum Gasteiger partial charge on any atom is 0.280 e. The average molecular weight is 392 g/mol. The van der Waals surface area contributed by atoms with Gasteiger partial charge in [0, 0.05) is 11.9 Å². The number of fused-ring (bicyclic) bond motifs is 1. The number of nitrogens with zero attached hydrogens (tertiary/aromatic N) is 3. The van der Waals surface area contributed by atoms with Gasteiger partial charge in [-0.15, -0.1) is 0 Å². The number of aliphatic imine (C=N–C) groups is 1. The number of nitrogens with one attached hydrogen (secondary N) is 1. The molecule has 2 aromatic heterocycles. The van der Waals surface area contributed by atoms with Crippen LogP contribution in [0.3, 0.4) is 0 Å². The number of aromatic amines is 1. The van der Waals surface area contributed by atoms with Crippen molar-refractivity contribution in [1.29, 1.82) is 0 Å². The lowest BCUT2D eigenvalue weighted by Gasteiger charge is -2.02. The number of hydrogen-bond acceptors (Lipinski definition) is 5. The normalized spacial score (nSPS) is 11.5. The fourth-order valence-electron chi connectivity index (χ4n) is 2.98. The van der Waals surface area contributed by atoms with Crippen molar-refractivity contribution in [2.45, 2.75) is 20.8 Å². The second kappa shape index (κ2) is 7.44. The molecule has 0 radical (unpaired) electrons. The summed E-state index contributed by atoms with van der Waals surface area (Å²) >= 11 is 1.47. The minimum atomic E-state index is -0.133. The molecule has 2 heterocycles. The fraction of sp³-hybridized carbons (Fsp3) is 0.190. The van der Waals surface area contributed by atoms with Crippen LogP contribution in [0.5, 0.6) is 5.75 Å². The summed E-state index contributed by atoms with van der Waals surface area (Å²) in [6, 6.07) is 13.6. The van der Waals surface area contributed by atoms with Gasteiger partial charge in [0.1, 0.15) is 5.75 Å². The molecule has 4 aromatic rings. The summed E-state index contributed by atoms with van der Waals surface area (Å²) in [5.41, 5.74) is 3.91. The van der Waals surface area contributed by atoms with Crippen molar-refractivity contribution < 1.29 is 4.74 Å². The largest absolute Gasteiger partial charge is 0.494 e. The van der Waals surface area contributed by atoms with Gasteiger partial charge >= 0.3 is 0 Å². The van der Waals surface area contributed by atoms with E-state index in [1.54, 1.807) is 6.21 Å². The standard InChI is InChI=1S/C21H20N4O2S/c1-4-27-16-8-9-18-19(11-16)28-21(23-18)22-12-17-14(3)24-25(20(17)26)15-7-5-6-13(2)10-15/h5-12,24H,4H2,1-3H3. The predicted octanol–water partition coefficient (Wildman–Crippen LogP) is 4.54. The van der Waals surface area contributed by atoms with Crippen LogP contribution < -0.4 is 10.3 Å². The first-order valence-corrected chi connectivity index (χ1v) is 9.83. The van der Waals surface area contributed by atoms with Crippen molar-refractivity contribution in [2.75, 3.05) is 6.61 Å². The van der Waals surface area contributed by atoms with Crippen LogP contribution in [0.2, 0.25) is 0 Å². The van der Waals surface area contributed by atoms with Crippen molar-refractivity contribution in [3.8, 4) is 11.4 Å². The number of hydrogen-bond donors (Lipinski definition) is 1. The summed E-state index contributed by atoms with van der Waals surface area (Å²) in [7, 11) is 0. The molecular formula is C21H20N4O2S. The smallest absolute Gasteiger partial charge is 0.280 e. The molecule has 0 aliphatic heterocycles. The van der Waals surface area contributed by atoms with Crippen molar-refractivity contribution in [3.05, 3.63) is 69.6 Å². The Labute approximate surface area is 166 Å². The van der Waals surface area contributed by atoms with Crippen LogP contribution >= 0.6 is 11.3 Å². The molecule has 0 bridgehead atoms. The molecule has 0 saturated carbocycles. The molecular weight excluding hydrogens is 372 g/mol. The Morgan fingerprint density at radius 1 is 1.25 bits per heavy atom. The molecule has 1 N–H and O–H groups in total. The summed E-state index contributed by atoms with van der Waals surface area (Å²) in [6.07, 6.45) is 1.58. The summed E-state index contributed by atoms with van der Waals surface area (Å²) in [5.74, 6) is 0.816. The second-order valence-electron chi connectivity index (χ2n) is 6.45. The number of H-pyrrole nitrogens is 1. The van der Waals surface area contributed by atoms with Gasteiger partial charge in [-0.1, -0.05) is 23.5 Å². The van der Waals surface area contributed by atoms with Gasteiger partial charge in [-0.3, -0.25) is 9.89 Å². The van der Waals surface area contributed by atoms with E-state index in [0.29, 0.717) is 17.3 Å². The van der Waals surface area contributed by atoms with Crippen LogP contribution in [0.15, 0.2) is 52.3 Å². The van der Waals surface area contributed by atoms with Gasteiger partial charge in [0.25, 0.3) is 5.56 Å². The van der Waals surface area contributed by atoms with E-state index in [0.717, 1.165) is 32.9 Å². The first-order valence-electron chi connectivity index (χ1n) is 9.01. The lowest BCUT2D eigenvalue weighted by atomic mass is 10.2. The molecule has 0 unspecified atom stereocenters. The number of aromatic nitrogens is 3. The van der Waals surface area contributed by atoms with Gasteiger partial charge in [-0.25, -0.2) is 14.7 Å². The van der Waals surface area contributed by atoms with Gasteiger partial charge < -0.3 is 4.74 Å². The van der Waals surface area contributed by atoms with E-state index < -0.39 is 0 Å². The third kappa shape index (κ3) is 3.48. The van der Waals surface area contributed by atoms with Crippen molar-refractivity contribution >= 4 is 32.9 Å². The zero-order valence-electron chi connectivity index (χ0n) is 15.9. The van der Waals surface area contributed by atoms with Crippen molar-refractivity contribution in [1.82, 2.24) is 14.8 Å². The highest BCUT2D eigenvalue weighted by Crippen LogP contribution is 2.30. The molecule has 0 saturated heterocycles. The minimum Gasteiger partial charge on any atom is -0.494 e. The van der Waals surface area contributed by atoms with E-state index >= 15 is 0 Å². The van der Waals surface area contributed by atoms with Crippen molar-refractivity contribution in [2.24, 2.45) is 4.99 Å². The van der Waals surface area contributed by atoms with Crippen LogP contribution in [0.25, 0.3) is 15.9 Å². The van der Waals surface area contributed by atoms with E-state index in [1.807, 2.05) is 63.2 Å². The first kappa shape index (κ1) is 18.2. The molecule has 4 rings (SSSR count). The summed E-state index contributed by atoms with van der Waals surface area (Å²) in [6.45, 7) is 6.43. The van der Waals surface area contributed by atoms with E-state index in [9.17, 15) is 4.79 Å². The lowest BCUT2D eigenvalue weighted by Crippen LogP contribution is -2.17. The number of ether oxygens (including phenoxy) is 1. The Kier molecular flexibility index (Phi) is 4.83. The van der Waals surface area contributed by atoms with Crippen LogP contribution in [0.4, 0.5) is 5.13 Å². The minimum absolute atomic E-state index is 0.133. The van der Waals surface area contributed by atoms with Gasteiger partial charge in [0.05, 0.1) is 28.1 Å². The highest BCUT2D eigenvalue weighted by Gasteiger charge is 2.11. The molecule has 0 spiro atoms. The quantitative estimate of drug-likeness (QED) is 0.507. The lowest BCUT2D eigenvalue weighted by molar-refractivity contribution is 0.341. The Bertz CT molecular complexity index is 1230. The Morgan fingerprint density at radius 3 is 2.89 bits per heavy atom. The zero-order valence-corrected chi connectivity index (χ0v) is 16.7. The number of thiazole rings is 1. The maximum absolute atomic E-state index is 12.8. The third-order valence-corrected chi connectivity index (χ3v) is 5.27. The molecule has 28 heavy (non-hydrogen) atoms. The van der Waals surface area contributed by atoms with Gasteiger partial charge in [-0.05, 0) is 56.7 Å². The van der Waals surface area contributed by atoms with Gasteiger partial charge in [-0.2, -0.15) is 0 Å². The fourth-order valence-corrected chi connectivity index (χ4v) is 3.82. The van der Waals surface area contributed by atoms with E-state index in [4.69, 9.17) is 4.74 Å². The molecule has 142 valence electrons. The SMILES string of the molecule is CCOc1ccc2nc(N=Cc3c(C)[nH]n(-c4cccc(C)c4)c3=O)sc2c1. The van der Waals surface area contributed by atoms with E-state index in [1.165, 1.54) is 16.0 Å². The number of benzene rings is 2. The van der Waals surface area contributed by atoms with Crippen molar-refractivity contribution in [3.63, 3.8) is 0 Å². The zero-order chi connectivity index (χ0) is 19.7. The molecule has 7 heteroatoms. The topological polar surface area (TPSA) is 72.3 Å². The Balaban J connectivity index is 1.66. The van der Waals surface area contributed by atoms with Crippen LogP contribution in [0.1, 0.15) is 23.7 Å². The monoisotopic (exact) mass is 392 g/mol. The Hall–Kier alpha value is -3.19. The van der Waals surface area contributed by atoms with Gasteiger partial charge in [0.15, 0.2) is 0 Å². The molecule has 0 atom stereocenters. The predicted molar refractivity (Wildman–Crippen MR) is 114 cm³/mol. The Morgan fingerprint density at radius 2 is 2.11 bits per heavy atom. The maximum atomic E-state index is 12.8. The summed E-state index contributed by atoms with van der Waals surface area (Å²) in [4.78, 5) is 21.8. The molecule has 0 amide bonds. The highest BCUT2D eigenvalue weighted by atomic mass is 32.1. The van der Waals surface area contributed by atoms with E-state index in [-0.39, 0.29) is 5.56 Å². The molecule has 2 aromatic carbocycles. The average Bonchev–Trinajstić information content (AvgIpc) is 3.20. The van der Waals surface area contributed by atoms with Crippen LogP contribution in [0, 0.1) is 13.8 Å². The molecule has 6 nitrogen and oxygen atoms in total. The third-order valence-electron chi connectivity index (χ3n) is 4.34. The number of rotatable bonds is 5. The second-order valence-corrected chi connectivity index (χ2v) is 7.46. The van der Waals surface area contributed by atoms with Crippen LogP contribution in [-0.2, 0) is 0 Å².